The molecular weight excluding hydrogens is 246 g/mol. The molecule has 5 nitrogen and oxygen atoms in total. The quantitative estimate of drug-likeness (QED) is 0.804. The Kier molecular flexibility index (Phi) is 2.91. The highest BCUT2D eigenvalue weighted by Gasteiger charge is 2.17. The maximum atomic E-state index is 5.50. The molecule has 0 radical (unpaired) electrons. The number of nitrogens with zero attached hydrogens (tertiary/aromatic N) is 4. The van der Waals surface area contributed by atoms with Crippen molar-refractivity contribution >= 4 is 18.0 Å². The van der Waals surface area contributed by atoms with Crippen LogP contribution in [0.1, 0.15) is 24.2 Å². The van der Waals surface area contributed by atoms with E-state index in [2.05, 4.69) is 10.1 Å². The van der Waals surface area contributed by atoms with Gasteiger partial charge in [-0.05, 0) is 32.1 Å². The van der Waals surface area contributed by atoms with Crippen molar-refractivity contribution < 1.29 is 4.90 Å². The third-order valence-corrected chi connectivity index (χ3v) is 3.95. The second-order valence-corrected chi connectivity index (χ2v) is 5.44. The summed E-state index contributed by atoms with van der Waals surface area (Å²) in [6.07, 6.45) is 2.62. The van der Waals surface area contributed by atoms with Crippen LogP contribution in [0.3, 0.4) is 0 Å². The second kappa shape index (κ2) is 4.44. The molecule has 0 spiro atoms. The van der Waals surface area contributed by atoms with Gasteiger partial charge in [0.1, 0.15) is 0 Å². The van der Waals surface area contributed by atoms with Crippen LogP contribution < -0.4 is 4.90 Å². The molecule has 0 atom stereocenters. The van der Waals surface area contributed by atoms with Crippen molar-refractivity contribution in [1.29, 1.82) is 0 Å². The number of nitrogens with one attached hydrogen (secondary N) is 1. The van der Waals surface area contributed by atoms with Crippen LogP contribution in [0.5, 0.6) is 0 Å². The van der Waals surface area contributed by atoms with Crippen molar-refractivity contribution in [1.82, 2.24) is 19.2 Å². The minimum Gasteiger partial charge on any atom is -0.316 e. The van der Waals surface area contributed by atoms with E-state index in [1.807, 2.05) is 29.0 Å². The second-order valence-electron chi connectivity index (χ2n) is 5.07. The summed E-state index contributed by atoms with van der Waals surface area (Å²) in [5.74, 6) is 0.719. The number of quaternary nitrogens is 1. The van der Waals surface area contributed by atoms with E-state index in [-0.39, 0.29) is 0 Å². The van der Waals surface area contributed by atoms with E-state index in [9.17, 15) is 0 Å². The highest BCUT2D eigenvalue weighted by molar-refractivity contribution is 7.71. The first-order valence-electron chi connectivity index (χ1n) is 6.42. The molecular formula is C12H18N5S+. The number of rotatable bonds is 2. The minimum atomic E-state index is 0.719. The van der Waals surface area contributed by atoms with Gasteiger partial charge in [0.05, 0.1) is 13.1 Å². The normalized spacial score (nSPS) is 16.8. The molecule has 0 unspecified atom stereocenters. The zero-order valence-corrected chi connectivity index (χ0v) is 11.6. The van der Waals surface area contributed by atoms with Gasteiger partial charge in [-0.25, -0.2) is 4.98 Å². The lowest BCUT2D eigenvalue weighted by atomic mass is 10.3. The largest absolute Gasteiger partial charge is 0.316 e. The number of likely N-dealkylation sites (tertiary alicyclic amines) is 1. The Morgan fingerprint density at radius 3 is 2.78 bits per heavy atom. The van der Waals surface area contributed by atoms with Gasteiger partial charge >= 0.3 is 0 Å². The molecule has 18 heavy (non-hydrogen) atoms. The Morgan fingerprint density at radius 2 is 2.06 bits per heavy atom. The van der Waals surface area contributed by atoms with Gasteiger partial charge < -0.3 is 4.90 Å². The van der Waals surface area contributed by atoms with Crippen molar-refractivity contribution in [3.05, 3.63) is 22.2 Å². The summed E-state index contributed by atoms with van der Waals surface area (Å²) in [5.41, 5.74) is 2.09. The molecule has 0 saturated carbocycles. The van der Waals surface area contributed by atoms with Crippen LogP contribution in [0.15, 0.2) is 6.07 Å². The molecule has 2 aromatic heterocycles. The van der Waals surface area contributed by atoms with Gasteiger partial charge in [0.15, 0.2) is 6.67 Å². The average molecular weight is 264 g/mol. The summed E-state index contributed by atoms with van der Waals surface area (Å²) in [4.78, 5) is 6.01. The standard InChI is InChI=1S/C12H17N5S/c1-9-7-10(2)17-11(13-9)14-16(12(17)18)8-15-5-3-4-6-15/h7H,3-6,8H2,1-2H3/p+1. The van der Waals surface area contributed by atoms with Gasteiger partial charge in [0, 0.05) is 24.2 Å². The third kappa shape index (κ3) is 1.95. The van der Waals surface area contributed by atoms with E-state index in [0.717, 1.165) is 28.6 Å². The molecule has 2 aromatic rings. The van der Waals surface area contributed by atoms with Gasteiger partial charge in [0.2, 0.25) is 4.77 Å². The van der Waals surface area contributed by atoms with Gasteiger partial charge in [-0.3, -0.25) is 4.40 Å². The smallest absolute Gasteiger partial charge is 0.254 e. The molecule has 1 N–H and O–H groups in total. The Balaban J connectivity index is 2.05. The van der Waals surface area contributed by atoms with Gasteiger partial charge in [0.25, 0.3) is 5.78 Å². The van der Waals surface area contributed by atoms with Crippen LogP contribution in [0.2, 0.25) is 0 Å². The monoisotopic (exact) mass is 264 g/mol. The number of aryl methyl sites for hydroxylation is 2. The van der Waals surface area contributed by atoms with Crippen molar-refractivity contribution in [2.75, 3.05) is 13.1 Å². The van der Waals surface area contributed by atoms with Crippen molar-refractivity contribution in [2.24, 2.45) is 0 Å². The van der Waals surface area contributed by atoms with E-state index in [4.69, 9.17) is 12.2 Å². The van der Waals surface area contributed by atoms with Gasteiger partial charge in [-0.15, -0.1) is 5.10 Å². The fraction of sp³-hybridized carbons (Fsp3) is 0.583. The predicted molar refractivity (Wildman–Crippen MR) is 71.2 cm³/mol. The first kappa shape index (κ1) is 11.8. The summed E-state index contributed by atoms with van der Waals surface area (Å²) in [7, 11) is 0. The lowest BCUT2D eigenvalue weighted by Crippen LogP contribution is -3.09. The molecule has 1 fully saturated rings. The average Bonchev–Trinajstić information content (AvgIpc) is 2.88. The summed E-state index contributed by atoms with van der Waals surface area (Å²) < 4.78 is 4.64. The van der Waals surface area contributed by atoms with Crippen LogP contribution >= 0.6 is 12.2 Å². The molecule has 0 aliphatic carbocycles. The van der Waals surface area contributed by atoms with E-state index in [1.165, 1.54) is 25.9 Å². The summed E-state index contributed by atoms with van der Waals surface area (Å²) in [5, 5.41) is 4.54. The molecule has 3 rings (SSSR count). The molecule has 0 amide bonds. The van der Waals surface area contributed by atoms with Crippen LogP contribution in [0.4, 0.5) is 0 Å². The number of aromatic nitrogens is 4. The number of hydrogen-bond donors (Lipinski definition) is 1. The van der Waals surface area contributed by atoms with Crippen LogP contribution in [-0.4, -0.2) is 32.3 Å². The molecule has 1 aliphatic heterocycles. The Hall–Kier alpha value is -1.27. The van der Waals surface area contributed by atoms with E-state index >= 15 is 0 Å². The van der Waals surface area contributed by atoms with Gasteiger partial charge in [-0.1, -0.05) is 0 Å². The number of fused-ring (bicyclic) bond motifs is 1. The third-order valence-electron chi connectivity index (χ3n) is 3.55. The lowest BCUT2D eigenvalue weighted by molar-refractivity contribution is -0.911. The van der Waals surface area contributed by atoms with Crippen LogP contribution in [0, 0.1) is 18.6 Å². The first-order chi connectivity index (χ1) is 8.65. The molecule has 3 heterocycles. The summed E-state index contributed by atoms with van der Waals surface area (Å²) in [6, 6.07) is 2.04. The van der Waals surface area contributed by atoms with Crippen LogP contribution in [-0.2, 0) is 6.67 Å². The zero-order chi connectivity index (χ0) is 12.7. The van der Waals surface area contributed by atoms with E-state index in [0.29, 0.717) is 0 Å². The van der Waals surface area contributed by atoms with E-state index < -0.39 is 0 Å². The summed E-state index contributed by atoms with van der Waals surface area (Å²) >= 11 is 5.50. The summed E-state index contributed by atoms with van der Waals surface area (Å²) in [6.45, 7) is 7.34. The zero-order valence-electron chi connectivity index (χ0n) is 10.8. The molecule has 1 saturated heterocycles. The lowest BCUT2D eigenvalue weighted by Gasteiger charge is -2.10. The van der Waals surface area contributed by atoms with E-state index in [1.54, 1.807) is 4.90 Å². The molecule has 1 aliphatic rings. The Bertz CT molecular complexity index is 636. The SMILES string of the molecule is Cc1cc(C)n2c(=S)n(C[NH+]3CCCC3)nc2n1. The number of hydrogen-bond acceptors (Lipinski definition) is 3. The molecule has 96 valence electrons. The molecule has 6 heteroatoms. The highest BCUT2D eigenvalue weighted by atomic mass is 32.1. The maximum Gasteiger partial charge on any atom is 0.254 e. The van der Waals surface area contributed by atoms with Crippen molar-refractivity contribution in [3.63, 3.8) is 0 Å². The molecule has 0 aromatic carbocycles. The minimum absolute atomic E-state index is 0.719. The fourth-order valence-electron chi connectivity index (χ4n) is 2.68. The highest BCUT2D eigenvalue weighted by Crippen LogP contribution is 2.06. The van der Waals surface area contributed by atoms with Crippen molar-refractivity contribution in [2.45, 2.75) is 33.4 Å². The Morgan fingerprint density at radius 1 is 1.33 bits per heavy atom. The fourth-order valence-corrected chi connectivity index (χ4v) is 3.01. The topological polar surface area (TPSA) is 39.6 Å². The van der Waals surface area contributed by atoms with Crippen molar-refractivity contribution in [3.8, 4) is 0 Å². The van der Waals surface area contributed by atoms with Crippen LogP contribution in [0.25, 0.3) is 5.78 Å². The Labute approximate surface area is 111 Å². The maximum absolute atomic E-state index is 5.50. The first-order valence-corrected chi connectivity index (χ1v) is 6.83. The van der Waals surface area contributed by atoms with Gasteiger partial charge in [-0.2, -0.15) is 4.68 Å². The molecule has 0 bridgehead atoms. The predicted octanol–water partition coefficient (Wildman–Crippen LogP) is 0.513.